The van der Waals surface area contributed by atoms with E-state index in [-0.39, 0.29) is 29.9 Å². The molecule has 0 heterocycles. The van der Waals surface area contributed by atoms with Crippen LogP contribution in [-0.4, -0.2) is 31.5 Å². The van der Waals surface area contributed by atoms with Crippen molar-refractivity contribution in [2.24, 2.45) is 16.6 Å². The van der Waals surface area contributed by atoms with E-state index in [4.69, 9.17) is 5.73 Å². The third-order valence-corrected chi connectivity index (χ3v) is 3.91. The molecule has 6 heteroatoms. The number of benzene rings is 1. The van der Waals surface area contributed by atoms with Crippen LogP contribution >= 0.6 is 24.0 Å². The van der Waals surface area contributed by atoms with Crippen molar-refractivity contribution in [3.8, 4) is 0 Å². The number of carbonyl (C=O) groups excluding carboxylic acids is 1. The highest BCUT2D eigenvalue weighted by Crippen LogP contribution is 2.08. The van der Waals surface area contributed by atoms with Gasteiger partial charge in [-0.2, -0.15) is 0 Å². The van der Waals surface area contributed by atoms with Gasteiger partial charge in [-0.25, -0.2) is 0 Å². The SMILES string of the molecule is CNC(=O)c1cccc(CCN=C(N)NC(C)CCCC(C)C)c1.I. The monoisotopic (exact) mass is 460 g/mol. The molecule has 4 N–H and O–H groups in total. The Morgan fingerprint density at radius 1 is 1.24 bits per heavy atom. The normalized spacial score (nSPS) is 12.4. The molecule has 0 fully saturated rings. The minimum atomic E-state index is -0.0724. The fraction of sp³-hybridized carbons (Fsp3) is 0.579. The van der Waals surface area contributed by atoms with E-state index in [0.717, 1.165) is 24.3 Å². The number of hydrogen-bond donors (Lipinski definition) is 3. The Balaban J connectivity index is 0.00000576. The molecule has 1 rings (SSSR count). The largest absolute Gasteiger partial charge is 0.370 e. The molecule has 142 valence electrons. The van der Waals surface area contributed by atoms with Crippen LogP contribution in [0.15, 0.2) is 29.3 Å². The number of hydrogen-bond acceptors (Lipinski definition) is 2. The van der Waals surface area contributed by atoms with E-state index >= 15 is 0 Å². The minimum absolute atomic E-state index is 0. The van der Waals surface area contributed by atoms with E-state index in [1.54, 1.807) is 13.1 Å². The van der Waals surface area contributed by atoms with Crippen LogP contribution in [0.4, 0.5) is 0 Å². The lowest BCUT2D eigenvalue weighted by Crippen LogP contribution is -2.38. The van der Waals surface area contributed by atoms with Gasteiger partial charge in [-0.05, 0) is 43.4 Å². The molecule has 0 aliphatic heterocycles. The Kier molecular flexibility index (Phi) is 12.3. The number of amides is 1. The summed E-state index contributed by atoms with van der Waals surface area (Å²) in [5, 5.41) is 5.87. The number of guanidine groups is 1. The van der Waals surface area contributed by atoms with Gasteiger partial charge in [0.15, 0.2) is 5.96 Å². The van der Waals surface area contributed by atoms with Crippen LogP contribution in [0.25, 0.3) is 0 Å². The van der Waals surface area contributed by atoms with E-state index in [1.807, 2.05) is 18.2 Å². The Hall–Kier alpha value is -1.31. The predicted molar refractivity (Wildman–Crippen MR) is 117 cm³/mol. The second-order valence-corrected chi connectivity index (χ2v) is 6.67. The quantitative estimate of drug-likeness (QED) is 0.301. The van der Waals surface area contributed by atoms with Crippen LogP contribution in [0, 0.1) is 5.92 Å². The average Bonchev–Trinajstić information content (AvgIpc) is 2.54. The molecule has 0 bridgehead atoms. The fourth-order valence-corrected chi connectivity index (χ4v) is 2.52. The Morgan fingerprint density at radius 3 is 2.60 bits per heavy atom. The second-order valence-electron chi connectivity index (χ2n) is 6.67. The van der Waals surface area contributed by atoms with Crippen molar-refractivity contribution in [1.82, 2.24) is 10.6 Å². The molecular formula is C19H33IN4O. The summed E-state index contributed by atoms with van der Waals surface area (Å²) in [5.74, 6) is 1.17. The molecule has 25 heavy (non-hydrogen) atoms. The molecule has 1 unspecified atom stereocenters. The number of nitrogens with two attached hydrogens (primary N) is 1. The van der Waals surface area contributed by atoms with Gasteiger partial charge in [0.25, 0.3) is 5.91 Å². The average molecular weight is 460 g/mol. The lowest BCUT2D eigenvalue weighted by molar-refractivity contribution is 0.0963. The van der Waals surface area contributed by atoms with Crippen LogP contribution in [0.3, 0.4) is 0 Å². The first-order chi connectivity index (χ1) is 11.4. The maximum atomic E-state index is 11.6. The first-order valence-electron chi connectivity index (χ1n) is 8.79. The smallest absolute Gasteiger partial charge is 0.251 e. The summed E-state index contributed by atoms with van der Waals surface area (Å²) in [7, 11) is 1.63. The summed E-state index contributed by atoms with van der Waals surface area (Å²) in [6.07, 6.45) is 4.30. The third-order valence-electron chi connectivity index (χ3n) is 3.91. The van der Waals surface area contributed by atoms with Crippen molar-refractivity contribution < 1.29 is 4.79 Å². The summed E-state index contributed by atoms with van der Waals surface area (Å²) < 4.78 is 0. The van der Waals surface area contributed by atoms with Crippen molar-refractivity contribution in [2.45, 2.75) is 52.5 Å². The standard InChI is InChI=1S/C19H32N4O.HI/c1-14(2)7-5-8-15(3)23-19(20)22-12-11-16-9-6-10-17(13-16)18(24)21-4;/h6,9-10,13-15H,5,7-8,11-12H2,1-4H3,(H,21,24)(H3,20,22,23);1H. The Morgan fingerprint density at radius 2 is 1.96 bits per heavy atom. The lowest BCUT2D eigenvalue weighted by Gasteiger charge is -2.15. The van der Waals surface area contributed by atoms with Gasteiger partial charge >= 0.3 is 0 Å². The summed E-state index contributed by atoms with van der Waals surface area (Å²) in [6.45, 7) is 7.23. The number of rotatable bonds is 9. The van der Waals surface area contributed by atoms with Gasteiger partial charge in [0.2, 0.25) is 0 Å². The molecule has 0 radical (unpaired) electrons. The zero-order chi connectivity index (χ0) is 17.9. The summed E-state index contributed by atoms with van der Waals surface area (Å²) in [4.78, 5) is 16.0. The maximum Gasteiger partial charge on any atom is 0.251 e. The van der Waals surface area contributed by atoms with Crippen molar-refractivity contribution in [1.29, 1.82) is 0 Å². The highest BCUT2D eigenvalue weighted by atomic mass is 127. The topological polar surface area (TPSA) is 79.5 Å². The van der Waals surface area contributed by atoms with Gasteiger partial charge in [0.1, 0.15) is 0 Å². The Bertz CT molecular complexity index is 546. The molecule has 5 nitrogen and oxygen atoms in total. The van der Waals surface area contributed by atoms with E-state index in [0.29, 0.717) is 24.1 Å². The molecule has 0 aliphatic carbocycles. The molecule has 0 aromatic heterocycles. The zero-order valence-electron chi connectivity index (χ0n) is 15.8. The number of nitrogens with zero attached hydrogens (tertiary/aromatic N) is 1. The molecule has 0 saturated heterocycles. The molecule has 0 spiro atoms. The van der Waals surface area contributed by atoms with E-state index in [9.17, 15) is 4.79 Å². The van der Waals surface area contributed by atoms with Crippen LogP contribution in [-0.2, 0) is 6.42 Å². The van der Waals surface area contributed by atoms with Crippen LogP contribution in [0.1, 0.15) is 56.0 Å². The third kappa shape index (κ3) is 10.3. The van der Waals surface area contributed by atoms with Gasteiger partial charge in [-0.1, -0.05) is 38.8 Å². The van der Waals surface area contributed by atoms with Crippen molar-refractivity contribution in [3.05, 3.63) is 35.4 Å². The second kappa shape index (κ2) is 13.0. The first-order valence-corrected chi connectivity index (χ1v) is 8.79. The van der Waals surface area contributed by atoms with Crippen molar-refractivity contribution in [3.63, 3.8) is 0 Å². The summed E-state index contributed by atoms with van der Waals surface area (Å²) >= 11 is 0. The zero-order valence-corrected chi connectivity index (χ0v) is 18.2. The summed E-state index contributed by atoms with van der Waals surface area (Å²) in [5.41, 5.74) is 7.70. The van der Waals surface area contributed by atoms with Crippen LogP contribution in [0.2, 0.25) is 0 Å². The number of halogens is 1. The fourth-order valence-electron chi connectivity index (χ4n) is 2.52. The summed E-state index contributed by atoms with van der Waals surface area (Å²) in [6, 6.07) is 7.93. The number of carbonyl (C=O) groups is 1. The van der Waals surface area contributed by atoms with Gasteiger partial charge in [0.05, 0.1) is 0 Å². The van der Waals surface area contributed by atoms with Gasteiger partial charge in [-0.15, -0.1) is 24.0 Å². The molecule has 1 atom stereocenters. The molecule has 1 aromatic rings. The van der Waals surface area contributed by atoms with Crippen LogP contribution < -0.4 is 16.4 Å². The molecule has 0 saturated carbocycles. The van der Waals surface area contributed by atoms with E-state index in [2.05, 4.69) is 36.4 Å². The molecular weight excluding hydrogens is 427 g/mol. The molecule has 0 aliphatic rings. The first kappa shape index (κ1) is 23.7. The molecule has 1 aromatic carbocycles. The molecule has 1 amide bonds. The number of nitrogens with one attached hydrogen (secondary N) is 2. The van der Waals surface area contributed by atoms with Gasteiger partial charge in [0, 0.05) is 25.2 Å². The minimum Gasteiger partial charge on any atom is -0.370 e. The van der Waals surface area contributed by atoms with Gasteiger partial charge in [-0.3, -0.25) is 9.79 Å². The van der Waals surface area contributed by atoms with E-state index in [1.165, 1.54) is 12.8 Å². The number of aliphatic imine (C=N–C) groups is 1. The van der Waals surface area contributed by atoms with E-state index < -0.39 is 0 Å². The highest BCUT2D eigenvalue weighted by molar-refractivity contribution is 14.0. The van der Waals surface area contributed by atoms with Crippen molar-refractivity contribution in [2.75, 3.05) is 13.6 Å². The lowest BCUT2D eigenvalue weighted by atomic mass is 10.0. The van der Waals surface area contributed by atoms with Gasteiger partial charge < -0.3 is 16.4 Å². The van der Waals surface area contributed by atoms with Crippen molar-refractivity contribution >= 4 is 35.8 Å². The maximum absolute atomic E-state index is 11.6. The van der Waals surface area contributed by atoms with Crippen LogP contribution in [0.5, 0.6) is 0 Å². The predicted octanol–water partition coefficient (Wildman–Crippen LogP) is 3.33. The highest BCUT2D eigenvalue weighted by Gasteiger charge is 2.05. The Labute approximate surface area is 169 Å².